The summed E-state index contributed by atoms with van der Waals surface area (Å²) in [5.41, 5.74) is 1.99. The van der Waals surface area contributed by atoms with Crippen LogP contribution >= 0.6 is 0 Å². The maximum Gasteiger partial charge on any atom is 0.280 e. The summed E-state index contributed by atoms with van der Waals surface area (Å²) in [6.45, 7) is 1.77. The molecule has 2 aromatic heterocycles. The van der Waals surface area contributed by atoms with Gasteiger partial charge in [0.1, 0.15) is 0 Å². The molecule has 0 fully saturated rings. The molecule has 1 amide bonds. The van der Waals surface area contributed by atoms with Gasteiger partial charge in [0.05, 0.1) is 5.69 Å². The van der Waals surface area contributed by atoms with Crippen molar-refractivity contribution in [3.8, 4) is 17.1 Å². The number of carbonyl (C=O) groups excluding carboxylic acids is 1. The van der Waals surface area contributed by atoms with Crippen molar-refractivity contribution < 1.29 is 4.79 Å². The lowest BCUT2D eigenvalue weighted by molar-refractivity contribution is 0.101. The molecule has 0 bridgehead atoms. The lowest BCUT2D eigenvalue weighted by Crippen LogP contribution is -2.26. The van der Waals surface area contributed by atoms with Gasteiger partial charge in [-0.3, -0.25) is 9.59 Å². The van der Waals surface area contributed by atoms with Gasteiger partial charge in [0.2, 0.25) is 5.43 Å². The number of hydrogen-bond acceptors (Lipinski definition) is 6. The summed E-state index contributed by atoms with van der Waals surface area (Å²) < 4.78 is 3.10. The van der Waals surface area contributed by atoms with E-state index in [4.69, 9.17) is 0 Å². The number of anilines is 1. The fourth-order valence-electron chi connectivity index (χ4n) is 2.94. The summed E-state index contributed by atoms with van der Waals surface area (Å²) in [5, 5.41) is 18.4. The van der Waals surface area contributed by atoms with E-state index < -0.39 is 11.3 Å². The van der Waals surface area contributed by atoms with E-state index in [2.05, 4.69) is 25.9 Å². The number of nitrogens with zero attached hydrogens (tertiary/aromatic N) is 6. The number of aryl methyl sites for hydroxylation is 2. The van der Waals surface area contributed by atoms with E-state index in [0.29, 0.717) is 17.2 Å². The summed E-state index contributed by atoms with van der Waals surface area (Å²) in [6, 6.07) is 17.8. The number of rotatable bonds is 4. The van der Waals surface area contributed by atoms with Gasteiger partial charge in [-0.25, -0.2) is 9.36 Å². The smallest absolute Gasteiger partial charge is 0.280 e. The third kappa shape index (κ3) is 3.65. The molecule has 0 saturated carbocycles. The number of tetrazole rings is 1. The molecule has 2 aromatic carbocycles. The molecule has 144 valence electrons. The van der Waals surface area contributed by atoms with Crippen molar-refractivity contribution in [2.45, 2.75) is 6.92 Å². The molecule has 29 heavy (non-hydrogen) atoms. The average molecular weight is 387 g/mol. The first kappa shape index (κ1) is 18.2. The Hall–Kier alpha value is -4.14. The Kier molecular flexibility index (Phi) is 4.70. The summed E-state index contributed by atoms with van der Waals surface area (Å²) in [7, 11) is 1.73. The third-order valence-corrected chi connectivity index (χ3v) is 4.32. The molecule has 4 rings (SSSR count). The predicted octanol–water partition coefficient (Wildman–Crippen LogP) is 1.98. The molecule has 0 saturated heterocycles. The van der Waals surface area contributed by atoms with Crippen LogP contribution in [0.25, 0.3) is 17.1 Å². The summed E-state index contributed by atoms with van der Waals surface area (Å²) in [4.78, 5) is 25.1. The second-order valence-electron chi connectivity index (χ2n) is 6.41. The second-order valence-corrected chi connectivity index (χ2v) is 6.41. The van der Waals surface area contributed by atoms with Crippen LogP contribution in [0.15, 0.2) is 65.5 Å². The Morgan fingerprint density at radius 2 is 1.83 bits per heavy atom. The molecule has 0 radical (unpaired) electrons. The van der Waals surface area contributed by atoms with Crippen LogP contribution in [-0.4, -0.2) is 35.9 Å². The van der Waals surface area contributed by atoms with Crippen molar-refractivity contribution >= 4 is 11.6 Å². The van der Waals surface area contributed by atoms with Gasteiger partial charge >= 0.3 is 0 Å². The molecule has 0 aliphatic carbocycles. The molecule has 9 nitrogen and oxygen atoms in total. The Morgan fingerprint density at radius 1 is 1.03 bits per heavy atom. The van der Waals surface area contributed by atoms with Crippen LogP contribution in [0.4, 0.5) is 5.69 Å². The molecular weight excluding hydrogens is 370 g/mol. The van der Waals surface area contributed by atoms with Crippen molar-refractivity contribution in [3.05, 3.63) is 82.3 Å². The maximum atomic E-state index is 12.8. The highest BCUT2D eigenvalue weighted by Gasteiger charge is 2.16. The van der Waals surface area contributed by atoms with Crippen molar-refractivity contribution in [1.82, 2.24) is 30.0 Å². The largest absolute Gasteiger partial charge is 0.320 e. The normalized spacial score (nSPS) is 10.7. The number of benzene rings is 2. The number of aromatic nitrogens is 6. The average Bonchev–Trinajstić information content (AvgIpc) is 3.15. The zero-order chi connectivity index (χ0) is 20.4. The molecule has 2 heterocycles. The van der Waals surface area contributed by atoms with Gasteiger partial charge < -0.3 is 5.32 Å². The minimum atomic E-state index is -0.590. The molecule has 0 unspecified atom stereocenters. The highest BCUT2D eigenvalue weighted by molar-refractivity contribution is 6.03. The molecular formula is C20H17N7O2. The zero-order valence-corrected chi connectivity index (χ0v) is 15.8. The Labute approximate surface area is 165 Å². The molecule has 0 aliphatic heterocycles. The van der Waals surface area contributed by atoms with Crippen molar-refractivity contribution in [3.63, 3.8) is 0 Å². The molecule has 4 aromatic rings. The lowest BCUT2D eigenvalue weighted by Gasteiger charge is -2.11. The topological polar surface area (TPSA) is 108 Å². The summed E-state index contributed by atoms with van der Waals surface area (Å²) in [6.07, 6.45) is 0. The van der Waals surface area contributed by atoms with E-state index in [-0.39, 0.29) is 5.69 Å². The first-order valence-corrected chi connectivity index (χ1v) is 8.83. The van der Waals surface area contributed by atoms with Crippen molar-refractivity contribution in [2.75, 3.05) is 5.32 Å². The van der Waals surface area contributed by atoms with Gasteiger partial charge in [0.25, 0.3) is 5.91 Å². The van der Waals surface area contributed by atoms with E-state index in [1.54, 1.807) is 36.9 Å². The molecule has 0 spiro atoms. The maximum absolute atomic E-state index is 12.8. The van der Waals surface area contributed by atoms with Gasteiger partial charge in [0.15, 0.2) is 11.5 Å². The van der Waals surface area contributed by atoms with Crippen LogP contribution < -0.4 is 10.7 Å². The van der Waals surface area contributed by atoms with E-state index in [1.807, 2.05) is 36.4 Å². The van der Waals surface area contributed by atoms with Crippen molar-refractivity contribution in [2.24, 2.45) is 7.05 Å². The van der Waals surface area contributed by atoms with Gasteiger partial charge in [0, 0.05) is 30.1 Å². The van der Waals surface area contributed by atoms with Gasteiger partial charge in [-0.1, -0.05) is 30.3 Å². The minimum absolute atomic E-state index is 0.190. The summed E-state index contributed by atoms with van der Waals surface area (Å²) in [5.74, 6) is -0.0334. The predicted molar refractivity (Wildman–Crippen MR) is 107 cm³/mol. The highest BCUT2D eigenvalue weighted by atomic mass is 16.2. The van der Waals surface area contributed by atoms with Crippen LogP contribution in [-0.2, 0) is 7.05 Å². The van der Waals surface area contributed by atoms with Crippen LogP contribution in [0, 0.1) is 6.92 Å². The first-order chi connectivity index (χ1) is 14.0. The van der Waals surface area contributed by atoms with Crippen LogP contribution in [0.3, 0.4) is 0 Å². The lowest BCUT2D eigenvalue weighted by atomic mass is 10.2. The van der Waals surface area contributed by atoms with E-state index in [9.17, 15) is 9.59 Å². The fraction of sp³-hybridized carbons (Fsp3) is 0.100. The zero-order valence-electron chi connectivity index (χ0n) is 15.8. The van der Waals surface area contributed by atoms with Crippen LogP contribution in [0.5, 0.6) is 0 Å². The number of carbonyl (C=O) groups is 1. The van der Waals surface area contributed by atoms with Crippen LogP contribution in [0.1, 0.15) is 16.2 Å². The van der Waals surface area contributed by atoms with Crippen LogP contribution in [0.2, 0.25) is 0 Å². The fourth-order valence-corrected chi connectivity index (χ4v) is 2.94. The number of hydrogen-bond donors (Lipinski definition) is 1. The Morgan fingerprint density at radius 3 is 2.55 bits per heavy atom. The minimum Gasteiger partial charge on any atom is -0.320 e. The Bertz CT molecular complexity index is 1250. The molecule has 1 N–H and O–H groups in total. The van der Waals surface area contributed by atoms with Crippen molar-refractivity contribution in [1.29, 1.82) is 0 Å². The number of nitrogens with one attached hydrogen (secondary N) is 1. The first-order valence-electron chi connectivity index (χ1n) is 8.83. The Balaban J connectivity index is 1.66. The monoisotopic (exact) mass is 387 g/mol. The number of para-hydroxylation sites is 1. The van der Waals surface area contributed by atoms with Gasteiger partial charge in [-0.05, 0) is 41.6 Å². The molecule has 9 heteroatoms. The number of amides is 1. The standard InChI is InChI=1S/C20H17N7O2/c1-13-11-17(28)18(23-27(13)16-9-4-3-5-10-16)20(29)21-15-8-6-7-14(12-15)19-22-24-25-26(19)2/h3-12H,1-2H3,(H,21,29). The molecule has 0 aliphatic rings. The van der Waals surface area contributed by atoms with E-state index >= 15 is 0 Å². The SMILES string of the molecule is Cc1cc(=O)c(C(=O)Nc2cccc(-c3nnnn3C)c2)nn1-c1ccccc1. The highest BCUT2D eigenvalue weighted by Crippen LogP contribution is 2.20. The summed E-state index contributed by atoms with van der Waals surface area (Å²) >= 11 is 0. The van der Waals surface area contributed by atoms with Gasteiger partial charge in [-0.15, -0.1) is 5.10 Å². The van der Waals surface area contributed by atoms with E-state index in [0.717, 1.165) is 11.3 Å². The molecule has 0 atom stereocenters. The van der Waals surface area contributed by atoms with E-state index in [1.165, 1.54) is 10.7 Å². The van der Waals surface area contributed by atoms with Gasteiger partial charge in [-0.2, -0.15) is 5.10 Å². The second kappa shape index (κ2) is 7.47. The quantitative estimate of drug-likeness (QED) is 0.574. The third-order valence-electron chi connectivity index (χ3n) is 4.32.